The number of aromatic carboxylic acids is 2. The lowest BCUT2D eigenvalue weighted by molar-refractivity contribution is 0.0685. The van der Waals surface area contributed by atoms with Crippen LogP contribution < -0.4 is 0 Å². The van der Waals surface area contributed by atoms with Crippen LogP contribution in [0, 0.1) is 22.7 Å². The number of carbonyl (C=O) groups is 2. The normalized spacial score (nSPS) is 9.12. The Kier molecular flexibility index (Phi) is 10.1. The lowest BCUT2D eigenvalue weighted by Crippen LogP contribution is -2.00. The SMILES string of the molecule is N#Cc1c(C(=O)O)cc(O)c(O)c1O.N#Cc1c(C(=O)O)cc(O)c(O)c1O.OCCO. The van der Waals surface area contributed by atoms with Crippen molar-refractivity contribution in [3.63, 3.8) is 0 Å². The maximum absolute atomic E-state index is 10.5. The zero-order valence-corrected chi connectivity index (χ0v) is 15.8. The molecule has 2 aromatic rings. The minimum Gasteiger partial charge on any atom is -0.504 e. The first-order valence-corrected chi connectivity index (χ1v) is 7.93. The molecule has 0 saturated heterocycles. The van der Waals surface area contributed by atoms with Crippen LogP contribution in [0.15, 0.2) is 12.1 Å². The molecule has 0 aromatic heterocycles. The van der Waals surface area contributed by atoms with E-state index in [2.05, 4.69) is 0 Å². The van der Waals surface area contributed by atoms with Crippen molar-refractivity contribution in [1.82, 2.24) is 0 Å². The number of aliphatic hydroxyl groups is 2. The van der Waals surface area contributed by atoms with Gasteiger partial charge in [-0.2, -0.15) is 10.5 Å². The first kappa shape index (κ1) is 27.1. The van der Waals surface area contributed by atoms with Crippen LogP contribution in [0.3, 0.4) is 0 Å². The molecule has 170 valence electrons. The van der Waals surface area contributed by atoms with E-state index in [1.807, 2.05) is 0 Å². The number of benzene rings is 2. The molecule has 0 saturated carbocycles. The smallest absolute Gasteiger partial charge is 0.337 e. The van der Waals surface area contributed by atoms with Crippen LogP contribution in [0.4, 0.5) is 0 Å². The van der Waals surface area contributed by atoms with Crippen molar-refractivity contribution in [3.05, 3.63) is 34.4 Å². The molecule has 0 spiro atoms. The number of nitriles is 2. The van der Waals surface area contributed by atoms with Crippen LogP contribution in [0.1, 0.15) is 31.8 Å². The highest BCUT2D eigenvalue weighted by atomic mass is 16.4. The van der Waals surface area contributed by atoms with E-state index in [9.17, 15) is 9.59 Å². The number of rotatable bonds is 3. The highest BCUT2D eigenvalue weighted by Gasteiger charge is 2.21. The predicted molar refractivity (Wildman–Crippen MR) is 100 cm³/mol. The lowest BCUT2D eigenvalue weighted by atomic mass is 10.1. The van der Waals surface area contributed by atoms with Crippen molar-refractivity contribution in [1.29, 1.82) is 10.5 Å². The lowest BCUT2D eigenvalue weighted by Gasteiger charge is -2.05. The van der Waals surface area contributed by atoms with Crippen molar-refractivity contribution >= 4 is 11.9 Å². The van der Waals surface area contributed by atoms with Crippen molar-refractivity contribution < 1.29 is 60.7 Å². The van der Waals surface area contributed by atoms with Gasteiger partial charge in [-0.1, -0.05) is 0 Å². The van der Waals surface area contributed by atoms with E-state index in [1.165, 1.54) is 12.1 Å². The third-order valence-corrected chi connectivity index (χ3v) is 3.29. The molecular weight excluding hydrogens is 436 g/mol. The van der Waals surface area contributed by atoms with Crippen molar-refractivity contribution in [2.24, 2.45) is 0 Å². The Morgan fingerprint density at radius 2 is 0.938 bits per heavy atom. The van der Waals surface area contributed by atoms with Crippen LogP contribution in [0.2, 0.25) is 0 Å². The van der Waals surface area contributed by atoms with Crippen LogP contribution in [0.5, 0.6) is 34.5 Å². The molecule has 2 aromatic carbocycles. The molecular formula is C18H16N2O12. The fraction of sp³-hybridized carbons (Fsp3) is 0.111. The third-order valence-electron chi connectivity index (χ3n) is 3.29. The summed E-state index contributed by atoms with van der Waals surface area (Å²) in [5.41, 5.74) is -2.32. The van der Waals surface area contributed by atoms with E-state index < -0.39 is 68.7 Å². The van der Waals surface area contributed by atoms with Gasteiger partial charge in [0.05, 0.1) is 24.3 Å². The number of phenols is 6. The highest BCUT2D eigenvalue weighted by molar-refractivity contribution is 5.93. The average Bonchev–Trinajstić information content (AvgIpc) is 2.75. The van der Waals surface area contributed by atoms with Gasteiger partial charge in [0, 0.05) is 0 Å². The second kappa shape index (κ2) is 11.9. The number of aromatic hydroxyl groups is 6. The van der Waals surface area contributed by atoms with E-state index in [0.717, 1.165) is 0 Å². The molecule has 32 heavy (non-hydrogen) atoms. The Morgan fingerprint density at radius 1 is 0.656 bits per heavy atom. The molecule has 0 bridgehead atoms. The Morgan fingerprint density at radius 3 is 1.12 bits per heavy atom. The first-order chi connectivity index (χ1) is 14.9. The summed E-state index contributed by atoms with van der Waals surface area (Å²) in [5, 5.41) is 104. The van der Waals surface area contributed by atoms with E-state index in [-0.39, 0.29) is 13.2 Å². The fourth-order valence-electron chi connectivity index (χ4n) is 1.85. The number of phenolic OH excluding ortho intramolecular Hbond substituents is 6. The number of aliphatic hydroxyl groups excluding tert-OH is 2. The zero-order valence-electron chi connectivity index (χ0n) is 15.8. The molecule has 10 N–H and O–H groups in total. The molecule has 0 amide bonds. The summed E-state index contributed by atoms with van der Waals surface area (Å²) < 4.78 is 0. The summed E-state index contributed by atoms with van der Waals surface area (Å²) >= 11 is 0. The van der Waals surface area contributed by atoms with E-state index in [0.29, 0.717) is 12.1 Å². The topological polar surface area (TPSA) is 284 Å². The van der Waals surface area contributed by atoms with Crippen LogP contribution >= 0.6 is 0 Å². The van der Waals surface area contributed by atoms with Gasteiger partial charge in [0.25, 0.3) is 0 Å². The van der Waals surface area contributed by atoms with Gasteiger partial charge in [-0.3, -0.25) is 0 Å². The molecule has 2 rings (SSSR count). The Labute approximate surface area is 178 Å². The number of carboxylic acid groups (broad SMARTS) is 2. The Bertz CT molecular complexity index is 1010. The Hall–Kier alpha value is -4.92. The molecule has 0 unspecified atom stereocenters. The van der Waals surface area contributed by atoms with Gasteiger partial charge in [0.15, 0.2) is 23.0 Å². The summed E-state index contributed by atoms with van der Waals surface area (Å²) in [6.45, 7) is -0.250. The average molecular weight is 452 g/mol. The predicted octanol–water partition coefficient (Wildman–Crippen LogP) is -0.282. The maximum Gasteiger partial charge on any atom is 0.337 e. The number of hydrogen-bond acceptors (Lipinski definition) is 12. The van der Waals surface area contributed by atoms with Gasteiger partial charge in [-0.15, -0.1) is 0 Å². The third kappa shape index (κ3) is 6.29. The quantitative estimate of drug-likeness (QED) is 0.268. The van der Waals surface area contributed by atoms with E-state index in [1.54, 1.807) is 0 Å². The summed E-state index contributed by atoms with van der Waals surface area (Å²) in [5.74, 6) is -8.25. The summed E-state index contributed by atoms with van der Waals surface area (Å²) in [7, 11) is 0. The van der Waals surface area contributed by atoms with Gasteiger partial charge in [-0.05, 0) is 12.1 Å². The van der Waals surface area contributed by atoms with Crippen LogP contribution in [-0.4, -0.2) is 76.2 Å². The van der Waals surface area contributed by atoms with Gasteiger partial charge < -0.3 is 51.1 Å². The van der Waals surface area contributed by atoms with Gasteiger partial charge >= 0.3 is 11.9 Å². The second-order valence-electron chi connectivity index (χ2n) is 5.31. The van der Waals surface area contributed by atoms with Gasteiger partial charge in [-0.25, -0.2) is 9.59 Å². The number of carboxylic acids is 2. The molecule has 0 fully saturated rings. The van der Waals surface area contributed by atoms with Crippen LogP contribution in [-0.2, 0) is 0 Å². The molecule has 0 radical (unpaired) electrons. The monoisotopic (exact) mass is 452 g/mol. The second-order valence-corrected chi connectivity index (χ2v) is 5.31. The molecule has 0 heterocycles. The van der Waals surface area contributed by atoms with Gasteiger partial charge in [0.2, 0.25) is 11.5 Å². The standard InChI is InChI=1S/2C8H5NO5.C2H6O2/c2*9-2-4-3(8(13)14)1-5(10)7(12)6(4)11;3-1-2-4/h2*1,10-12H,(H,13,14);3-4H,1-2H2. The van der Waals surface area contributed by atoms with Crippen molar-refractivity contribution in [3.8, 4) is 46.6 Å². The summed E-state index contributed by atoms with van der Waals surface area (Å²) in [4.78, 5) is 21.1. The summed E-state index contributed by atoms with van der Waals surface area (Å²) in [6.07, 6.45) is 0. The van der Waals surface area contributed by atoms with Crippen molar-refractivity contribution in [2.75, 3.05) is 13.2 Å². The largest absolute Gasteiger partial charge is 0.504 e. The molecule has 14 nitrogen and oxygen atoms in total. The molecule has 14 heteroatoms. The Balaban J connectivity index is 0.000000515. The molecule has 0 aliphatic carbocycles. The summed E-state index contributed by atoms with van der Waals surface area (Å²) in [6, 6.07) is 4.20. The van der Waals surface area contributed by atoms with E-state index in [4.69, 9.17) is 61.6 Å². The minimum absolute atomic E-state index is 0.125. The van der Waals surface area contributed by atoms with Crippen molar-refractivity contribution in [2.45, 2.75) is 0 Å². The first-order valence-electron chi connectivity index (χ1n) is 7.93. The fourth-order valence-corrected chi connectivity index (χ4v) is 1.85. The highest BCUT2D eigenvalue weighted by Crippen LogP contribution is 2.39. The molecule has 0 atom stereocenters. The molecule has 0 aliphatic rings. The van der Waals surface area contributed by atoms with Crippen LogP contribution in [0.25, 0.3) is 0 Å². The minimum atomic E-state index is -1.48. The number of hydrogen-bond donors (Lipinski definition) is 10. The zero-order chi connectivity index (χ0) is 25.2. The van der Waals surface area contributed by atoms with E-state index >= 15 is 0 Å². The maximum atomic E-state index is 10.5. The van der Waals surface area contributed by atoms with Gasteiger partial charge in [0.1, 0.15) is 23.3 Å². The molecule has 0 aliphatic heterocycles. The number of nitrogens with zero attached hydrogens (tertiary/aromatic N) is 2.